The zero-order valence-electron chi connectivity index (χ0n) is 11.9. The Morgan fingerprint density at radius 1 is 1.13 bits per heavy atom. The second kappa shape index (κ2) is 7.21. The largest absolute Gasteiger partial charge is 0.323 e. The highest BCUT2D eigenvalue weighted by molar-refractivity contribution is 8.00. The van der Waals surface area contributed by atoms with Crippen LogP contribution >= 0.6 is 35.0 Å². The first-order chi connectivity index (χ1) is 11.1. The third-order valence-corrected chi connectivity index (χ3v) is 4.89. The average molecular weight is 363 g/mol. The fourth-order valence-electron chi connectivity index (χ4n) is 2.12. The summed E-state index contributed by atoms with van der Waals surface area (Å²) in [6, 6.07) is 14.7. The van der Waals surface area contributed by atoms with Gasteiger partial charge in [-0.05, 0) is 30.3 Å². The third kappa shape index (κ3) is 3.96. The van der Waals surface area contributed by atoms with Crippen molar-refractivity contribution in [1.82, 2.24) is 4.98 Å². The van der Waals surface area contributed by atoms with Crippen molar-refractivity contribution in [3.05, 3.63) is 64.8 Å². The number of aromatic nitrogens is 1. The van der Waals surface area contributed by atoms with Gasteiger partial charge in [0.05, 0.1) is 22.0 Å². The van der Waals surface area contributed by atoms with Crippen LogP contribution in [0.3, 0.4) is 0 Å². The summed E-state index contributed by atoms with van der Waals surface area (Å²) in [5, 5.41) is 5.05. The molecule has 1 amide bonds. The summed E-state index contributed by atoms with van der Waals surface area (Å²) >= 11 is 13.4. The van der Waals surface area contributed by atoms with Gasteiger partial charge in [0.25, 0.3) is 0 Å². The van der Waals surface area contributed by atoms with Gasteiger partial charge in [0.2, 0.25) is 5.91 Å². The highest BCUT2D eigenvalue weighted by atomic mass is 35.5. The van der Waals surface area contributed by atoms with E-state index in [1.165, 1.54) is 11.8 Å². The molecule has 0 spiro atoms. The maximum Gasteiger partial charge on any atom is 0.234 e. The van der Waals surface area contributed by atoms with Crippen LogP contribution in [0.15, 0.2) is 59.6 Å². The number of carbonyl (C=O) groups is 1. The van der Waals surface area contributed by atoms with Gasteiger partial charge in [-0.2, -0.15) is 0 Å². The summed E-state index contributed by atoms with van der Waals surface area (Å²) in [4.78, 5) is 17.3. The molecular formula is C17H12Cl2N2OS. The molecule has 0 aliphatic rings. The predicted octanol–water partition coefficient (Wildman–Crippen LogP) is 5.27. The second-order valence-corrected chi connectivity index (χ2v) is 6.65. The first-order valence-corrected chi connectivity index (χ1v) is 8.59. The lowest BCUT2D eigenvalue weighted by atomic mass is 10.2. The lowest BCUT2D eigenvalue weighted by molar-refractivity contribution is -0.113. The molecule has 0 unspecified atom stereocenters. The molecule has 6 heteroatoms. The molecule has 23 heavy (non-hydrogen) atoms. The number of fused-ring (bicyclic) bond motifs is 1. The standard InChI is InChI=1S/C17H12Cl2N2OS/c18-12-6-7-13(19)15(9-12)23-10-16(22)21-14-5-1-3-11-4-2-8-20-17(11)14/h1-9H,10H2,(H,21,22). The predicted molar refractivity (Wildman–Crippen MR) is 97.6 cm³/mol. The summed E-state index contributed by atoms with van der Waals surface area (Å²) < 4.78 is 0. The molecule has 0 aliphatic carbocycles. The Balaban J connectivity index is 1.70. The zero-order chi connectivity index (χ0) is 16.2. The normalized spacial score (nSPS) is 10.7. The quantitative estimate of drug-likeness (QED) is 0.642. The molecular weight excluding hydrogens is 351 g/mol. The molecule has 0 bridgehead atoms. The third-order valence-electron chi connectivity index (χ3n) is 3.16. The molecule has 2 aromatic carbocycles. The lowest BCUT2D eigenvalue weighted by Crippen LogP contribution is -2.14. The number of halogens is 2. The van der Waals surface area contributed by atoms with Crippen LogP contribution in [-0.2, 0) is 4.79 Å². The molecule has 0 fully saturated rings. The van der Waals surface area contributed by atoms with Crippen molar-refractivity contribution in [2.45, 2.75) is 4.90 Å². The van der Waals surface area contributed by atoms with Gasteiger partial charge in [0, 0.05) is 21.5 Å². The molecule has 3 aromatic rings. The minimum absolute atomic E-state index is 0.121. The molecule has 1 aromatic heterocycles. The summed E-state index contributed by atoms with van der Waals surface area (Å²) in [5.74, 6) is 0.118. The topological polar surface area (TPSA) is 42.0 Å². The molecule has 116 valence electrons. The molecule has 1 N–H and O–H groups in total. The van der Waals surface area contributed by atoms with Crippen LogP contribution in [0.4, 0.5) is 5.69 Å². The van der Waals surface area contributed by atoms with E-state index < -0.39 is 0 Å². The number of nitrogens with one attached hydrogen (secondary N) is 1. The molecule has 3 nitrogen and oxygen atoms in total. The molecule has 0 radical (unpaired) electrons. The van der Waals surface area contributed by atoms with E-state index in [1.54, 1.807) is 24.4 Å². The maximum atomic E-state index is 12.2. The SMILES string of the molecule is O=C(CSc1cc(Cl)ccc1Cl)Nc1cccc2cccnc12. The molecule has 0 saturated heterocycles. The zero-order valence-corrected chi connectivity index (χ0v) is 14.3. The Morgan fingerprint density at radius 2 is 1.96 bits per heavy atom. The van der Waals surface area contributed by atoms with Gasteiger partial charge < -0.3 is 5.32 Å². The number of amides is 1. The molecule has 0 atom stereocenters. The van der Waals surface area contributed by atoms with E-state index in [-0.39, 0.29) is 11.7 Å². The van der Waals surface area contributed by atoms with Crippen LogP contribution in [0.1, 0.15) is 0 Å². The summed E-state index contributed by atoms with van der Waals surface area (Å²) in [7, 11) is 0. The Kier molecular flexibility index (Phi) is 5.06. The van der Waals surface area contributed by atoms with Gasteiger partial charge in [-0.15, -0.1) is 11.8 Å². The Hall–Kier alpha value is -1.75. The van der Waals surface area contributed by atoms with Crippen LogP contribution in [0, 0.1) is 0 Å². The minimum Gasteiger partial charge on any atom is -0.323 e. The van der Waals surface area contributed by atoms with Gasteiger partial charge in [-0.25, -0.2) is 0 Å². The number of para-hydroxylation sites is 1. The molecule has 0 saturated carbocycles. The number of nitrogens with zero attached hydrogens (tertiary/aromatic N) is 1. The number of anilines is 1. The van der Waals surface area contributed by atoms with Crippen LogP contribution < -0.4 is 5.32 Å². The fourth-order valence-corrected chi connectivity index (χ4v) is 3.42. The van der Waals surface area contributed by atoms with Crippen molar-refractivity contribution >= 4 is 57.5 Å². The molecule has 3 rings (SSSR count). The minimum atomic E-state index is -0.121. The van der Waals surface area contributed by atoms with Crippen LogP contribution in [-0.4, -0.2) is 16.6 Å². The highest BCUT2D eigenvalue weighted by Crippen LogP contribution is 2.30. The molecule has 1 heterocycles. The van der Waals surface area contributed by atoms with Crippen LogP contribution in [0.2, 0.25) is 10.0 Å². The highest BCUT2D eigenvalue weighted by Gasteiger charge is 2.09. The van der Waals surface area contributed by atoms with Crippen LogP contribution in [0.25, 0.3) is 10.9 Å². The van der Waals surface area contributed by atoms with E-state index in [0.717, 1.165) is 15.8 Å². The number of benzene rings is 2. The first kappa shape index (κ1) is 16.1. The van der Waals surface area contributed by atoms with Gasteiger partial charge in [-0.1, -0.05) is 41.4 Å². The van der Waals surface area contributed by atoms with E-state index >= 15 is 0 Å². The van der Waals surface area contributed by atoms with E-state index in [9.17, 15) is 4.79 Å². The Labute approximate surface area is 148 Å². The number of hydrogen-bond donors (Lipinski definition) is 1. The second-order valence-electron chi connectivity index (χ2n) is 4.79. The van der Waals surface area contributed by atoms with E-state index in [4.69, 9.17) is 23.2 Å². The average Bonchev–Trinajstić information content (AvgIpc) is 2.56. The van der Waals surface area contributed by atoms with Crippen molar-refractivity contribution < 1.29 is 4.79 Å². The number of hydrogen-bond acceptors (Lipinski definition) is 3. The number of thioether (sulfide) groups is 1. The van der Waals surface area contributed by atoms with Gasteiger partial charge in [0.1, 0.15) is 0 Å². The van der Waals surface area contributed by atoms with Crippen molar-refractivity contribution in [2.24, 2.45) is 0 Å². The fraction of sp³-hybridized carbons (Fsp3) is 0.0588. The summed E-state index contributed by atoms with van der Waals surface area (Å²) in [5.41, 5.74) is 1.47. The van der Waals surface area contributed by atoms with Gasteiger partial charge >= 0.3 is 0 Å². The first-order valence-electron chi connectivity index (χ1n) is 6.85. The lowest BCUT2D eigenvalue weighted by Gasteiger charge is -2.08. The van der Waals surface area contributed by atoms with Crippen LogP contribution in [0.5, 0.6) is 0 Å². The van der Waals surface area contributed by atoms with Crippen molar-refractivity contribution in [1.29, 1.82) is 0 Å². The van der Waals surface area contributed by atoms with E-state index in [2.05, 4.69) is 10.3 Å². The Morgan fingerprint density at radius 3 is 2.83 bits per heavy atom. The Bertz CT molecular complexity index is 865. The monoisotopic (exact) mass is 362 g/mol. The molecule has 0 aliphatic heterocycles. The van der Waals surface area contributed by atoms with Crippen molar-refractivity contribution in [3.63, 3.8) is 0 Å². The summed E-state index contributed by atoms with van der Waals surface area (Å²) in [6.07, 6.45) is 1.71. The van der Waals surface area contributed by atoms with E-state index in [1.807, 2.05) is 30.3 Å². The smallest absolute Gasteiger partial charge is 0.234 e. The van der Waals surface area contributed by atoms with Crippen molar-refractivity contribution in [2.75, 3.05) is 11.1 Å². The number of rotatable bonds is 4. The van der Waals surface area contributed by atoms with E-state index in [0.29, 0.717) is 15.7 Å². The maximum absolute atomic E-state index is 12.2. The van der Waals surface area contributed by atoms with Crippen molar-refractivity contribution in [3.8, 4) is 0 Å². The van der Waals surface area contributed by atoms with Gasteiger partial charge in [0.15, 0.2) is 0 Å². The summed E-state index contributed by atoms with van der Waals surface area (Å²) in [6.45, 7) is 0. The van der Waals surface area contributed by atoms with Gasteiger partial charge in [-0.3, -0.25) is 9.78 Å². The number of pyridine rings is 1. The number of carbonyl (C=O) groups excluding carboxylic acids is 1.